The predicted molar refractivity (Wildman–Crippen MR) is 62.3 cm³/mol. The monoisotopic (exact) mass is 212 g/mol. The molecule has 1 saturated heterocycles. The summed E-state index contributed by atoms with van der Waals surface area (Å²) in [6, 6.07) is -0.380. The first-order valence-electron chi connectivity index (χ1n) is 5.78. The Morgan fingerprint density at radius 1 is 1.27 bits per heavy atom. The van der Waals surface area contributed by atoms with Crippen LogP contribution in [0.15, 0.2) is 0 Å². The molecule has 0 saturated carbocycles. The molecule has 1 aliphatic heterocycles. The molecule has 1 heterocycles. The maximum absolute atomic E-state index is 12.1. The molecule has 1 fully saturated rings. The Bertz CT molecular complexity index is 234. The molecule has 15 heavy (non-hydrogen) atoms. The van der Waals surface area contributed by atoms with Crippen molar-refractivity contribution < 1.29 is 4.79 Å². The van der Waals surface area contributed by atoms with Gasteiger partial charge in [-0.1, -0.05) is 34.6 Å². The molecule has 2 N–H and O–H groups in total. The van der Waals surface area contributed by atoms with Crippen molar-refractivity contribution in [2.75, 3.05) is 13.1 Å². The van der Waals surface area contributed by atoms with Gasteiger partial charge in [0.2, 0.25) is 5.91 Å². The Hall–Kier alpha value is -0.570. The van der Waals surface area contributed by atoms with Gasteiger partial charge in [-0.05, 0) is 17.3 Å². The van der Waals surface area contributed by atoms with Crippen LogP contribution in [-0.2, 0) is 4.79 Å². The molecular formula is C12H24N2O. The van der Waals surface area contributed by atoms with Gasteiger partial charge in [-0.15, -0.1) is 0 Å². The lowest BCUT2D eigenvalue weighted by molar-refractivity contribution is -0.134. The molecule has 0 aliphatic carbocycles. The third kappa shape index (κ3) is 2.71. The van der Waals surface area contributed by atoms with E-state index >= 15 is 0 Å². The van der Waals surface area contributed by atoms with Crippen LogP contribution in [0, 0.1) is 17.3 Å². The minimum absolute atomic E-state index is 0.110. The second kappa shape index (κ2) is 4.12. The first-order valence-corrected chi connectivity index (χ1v) is 5.78. The van der Waals surface area contributed by atoms with Gasteiger partial charge < -0.3 is 10.6 Å². The summed E-state index contributed by atoms with van der Waals surface area (Å²) in [4.78, 5) is 14.0. The molecule has 0 aromatic heterocycles. The summed E-state index contributed by atoms with van der Waals surface area (Å²) < 4.78 is 0. The highest BCUT2D eigenvalue weighted by molar-refractivity contribution is 5.82. The zero-order valence-electron chi connectivity index (χ0n) is 10.6. The van der Waals surface area contributed by atoms with Crippen molar-refractivity contribution in [3.05, 3.63) is 0 Å². The Kier molecular flexibility index (Phi) is 3.44. The van der Waals surface area contributed by atoms with Crippen molar-refractivity contribution in [1.82, 2.24) is 4.90 Å². The van der Waals surface area contributed by atoms with E-state index in [0.717, 1.165) is 13.1 Å². The SMILES string of the molecule is CC1CN(C(=O)[C@@H](N)C(C)(C)C)CC1C. The lowest BCUT2D eigenvalue weighted by atomic mass is 9.86. The smallest absolute Gasteiger partial charge is 0.240 e. The van der Waals surface area contributed by atoms with Crippen molar-refractivity contribution >= 4 is 5.91 Å². The summed E-state index contributed by atoms with van der Waals surface area (Å²) in [5, 5.41) is 0. The number of likely N-dealkylation sites (tertiary alicyclic amines) is 1. The fraction of sp³-hybridized carbons (Fsp3) is 0.917. The summed E-state index contributed by atoms with van der Waals surface area (Å²) in [5.41, 5.74) is 5.83. The lowest BCUT2D eigenvalue weighted by Gasteiger charge is -2.29. The Morgan fingerprint density at radius 3 is 2.00 bits per heavy atom. The summed E-state index contributed by atoms with van der Waals surface area (Å²) in [7, 11) is 0. The highest BCUT2D eigenvalue weighted by Crippen LogP contribution is 2.25. The summed E-state index contributed by atoms with van der Waals surface area (Å²) in [6.45, 7) is 12.2. The molecule has 1 rings (SSSR count). The Balaban J connectivity index is 2.63. The number of hydrogen-bond donors (Lipinski definition) is 1. The van der Waals surface area contributed by atoms with E-state index in [2.05, 4.69) is 13.8 Å². The van der Waals surface area contributed by atoms with Crippen LogP contribution < -0.4 is 5.73 Å². The zero-order valence-corrected chi connectivity index (χ0v) is 10.6. The summed E-state index contributed by atoms with van der Waals surface area (Å²) in [5.74, 6) is 1.31. The van der Waals surface area contributed by atoms with Crippen molar-refractivity contribution in [2.24, 2.45) is 23.0 Å². The number of carbonyl (C=O) groups is 1. The molecule has 88 valence electrons. The Morgan fingerprint density at radius 2 is 1.67 bits per heavy atom. The number of nitrogens with two attached hydrogens (primary N) is 1. The first kappa shape index (κ1) is 12.5. The minimum Gasteiger partial charge on any atom is -0.341 e. The summed E-state index contributed by atoms with van der Waals surface area (Å²) >= 11 is 0. The van der Waals surface area contributed by atoms with E-state index < -0.39 is 0 Å². The van der Waals surface area contributed by atoms with Crippen molar-refractivity contribution in [2.45, 2.75) is 40.7 Å². The topological polar surface area (TPSA) is 46.3 Å². The van der Waals surface area contributed by atoms with Gasteiger partial charge in [-0.2, -0.15) is 0 Å². The van der Waals surface area contributed by atoms with Crippen LogP contribution in [0.4, 0.5) is 0 Å². The van der Waals surface area contributed by atoms with Gasteiger partial charge in [0.25, 0.3) is 0 Å². The van der Waals surface area contributed by atoms with Crippen LogP contribution in [-0.4, -0.2) is 29.9 Å². The van der Waals surface area contributed by atoms with E-state index in [1.165, 1.54) is 0 Å². The number of hydrogen-bond acceptors (Lipinski definition) is 2. The van der Waals surface area contributed by atoms with Gasteiger partial charge in [0, 0.05) is 13.1 Å². The lowest BCUT2D eigenvalue weighted by Crippen LogP contribution is -2.49. The highest BCUT2D eigenvalue weighted by atomic mass is 16.2. The molecule has 0 aromatic rings. The van der Waals surface area contributed by atoms with E-state index in [4.69, 9.17) is 5.73 Å². The number of rotatable bonds is 1. The van der Waals surface area contributed by atoms with Crippen molar-refractivity contribution in [3.63, 3.8) is 0 Å². The molecule has 0 radical (unpaired) electrons. The molecular weight excluding hydrogens is 188 g/mol. The zero-order chi connectivity index (χ0) is 11.8. The molecule has 3 atom stereocenters. The average Bonchev–Trinajstić information content (AvgIpc) is 2.43. The van der Waals surface area contributed by atoms with E-state index in [1.807, 2.05) is 25.7 Å². The molecule has 3 heteroatoms. The average molecular weight is 212 g/mol. The third-order valence-corrected chi connectivity index (χ3v) is 3.50. The Labute approximate surface area is 93.0 Å². The molecule has 1 aliphatic rings. The van der Waals surface area contributed by atoms with E-state index in [0.29, 0.717) is 11.8 Å². The maximum atomic E-state index is 12.1. The van der Waals surface area contributed by atoms with Crippen LogP contribution in [0.2, 0.25) is 0 Å². The van der Waals surface area contributed by atoms with Gasteiger partial charge in [-0.3, -0.25) is 4.79 Å². The number of nitrogens with zero attached hydrogens (tertiary/aromatic N) is 1. The second-order valence-electron chi connectivity index (χ2n) is 6.04. The normalized spacial score (nSPS) is 29.3. The van der Waals surface area contributed by atoms with Crippen molar-refractivity contribution in [1.29, 1.82) is 0 Å². The fourth-order valence-electron chi connectivity index (χ4n) is 1.88. The first-order chi connectivity index (χ1) is 6.73. The van der Waals surface area contributed by atoms with E-state index in [1.54, 1.807) is 0 Å². The molecule has 2 unspecified atom stereocenters. The molecule has 0 bridgehead atoms. The van der Waals surface area contributed by atoms with E-state index in [-0.39, 0.29) is 17.4 Å². The van der Waals surface area contributed by atoms with Gasteiger partial charge in [0.15, 0.2) is 0 Å². The number of carbonyl (C=O) groups excluding carboxylic acids is 1. The van der Waals surface area contributed by atoms with Crippen LogP contribution >= 0.6 is 0 Å². The van der Waals surface area contributed by atoms with Crippen LogP contribution in [0.1, 0.15) is 34.6 Å². The second-order valence-corrected chi connectivity index (χ2v) is 6.04. The van der Waals surface area contributed by atoms with Gasteiger partial charge in [-0.25, -0.2) is 0 Å². The van der Waals surface area contributed by atoms with Crippen LogP contribution in [0.3, 0.4) is 0 Å². The van der Waals surface area contributed by atoms with Gasteiger partial charge in [0.1, 0.15) is 0 Å². The quantitative estimate of drug-likeness (QED) is 0.715. The number of amides is 1. The fourth-order valence-corrected chi connectivity index (χ4v) is 1.88. The summed E-state index contributed by atoms with van der Waals surface area (Å²) in [6.07, 6.45) is 0. The maximum Gasteiger partial charge on any atom is 0.240 e. The van der Waals surface area contributed by atoms with E-state index in [9.17, 15) is 4.79 Å². The molecule has 0 aromatic carbocycles. The van der Waals surface area contributed by atoms with Gasteiger partial charge in [0.05, 0.1) is 6.04 Å². The molecule has 1 amide bonds. The van der Waals surface area contributed by atoms with Crippen LogP contribution in [0.25, 0.3) is 0 Å². The molecule has 3 nitrogen and oxygen atoms in total. The van der Waals surface area contributed by atoms with Gasteiger partial charge >= 0.3 is 0 Å². The minimum atomic E-state index is -0.380. The third-order valence-electron chi connectivity index (χ3n) is 3.50. The van der Waals surface area contributed by atoms with Crippen molar-refractivity contribution in [3.8, 4) is 0 Å². The largest absolute Gasteiger partial charge is 0.341 e. The van der Waals surface area contributed by atoms with Crippen LogP contribution in [0.5, 0.6) is 0 Å². The molecule has 0 spiro atoms. The highest BCUT2D eigenvalue weighted by Gasteiger charge is 2.36. The standard InChI is InChI=1S/C12H24N2O/c1-8-6-14(7-9(8)2)11(15)10(13)12(3,4)5/h8-10H,6-7,13H2,1-5H3/t8?,9?,10-/m1/s1. The predicted octanol–water partition coefficient (Wildman–Crippen LogP) is 1.47.